The smallest absolute Gasteiger partial charge is 0.254 e. The van der Waals surface area contributed by atoms with Crippen molar-refractivity contribution < 1.29 is 13.9 Å². The molecule has 0 radical (unpaired) electrons. The molecule has 1 aliphatic rings. The van der Waals surface area contributed by atoms with Gasteiger partial charge < -0.3 is 19.4 Å². The Kier molecular flexibility index (Phi) is 4.26. The van der Waals surface area contributed by atoms with Crippen molar-refractivity contribution in [2.75, 3.05) is 31.2 Å². The molecule has 0 bridgehead atoms. The summed E-state index contributed by atoms with van der Waals surface area (Å²) in [5, 5.41) is 2.77. The highest BCUT2D eigenvalue weighted by Crippen LogP contribution is 2.14. The largest absolute Gasteiger partial charge is 0.439 e. The minimum absolute atomic E-state index is 0.207. The molecule has 0 atom stereocenters. The Balaban J connectivity index is 1.38. The molecule has 3 heterocycles. The van der Waals surface area contributed by atoms with Gasteiger partial charge in [-0.25, -0.2) is 15.0 Å². The van der Waals surface area contributed by atoms with Gasteiger partial charge in [0.2, 0.25) is 11.8 Å². The monoisotopic (exact) mass is 339 g/mol. The molecule has 0 aliphatic carbocycles. The highest BCUT2D eigenvalue weighted by atomic mass is 16.5. The third-order valence-electron chi connectivity index (χ3n) is 3.93. The molecule has 1 aromatic carbocycles. The molecule has 8 nitrogen and oxygen atoms in total. The molecular weight excluding hydrogens is 322 g/mol. The molecule has 0 saturated carbocycles. The van der Waals surface area contributed by atoms with Gasteiger partial charge in [0.15, 0.2) is 5.58 Å². The quantitative estimate of drug-likeness (QED) is 0.767. The molecule has 0 unspecified atom stereocenters. The summed E-state index contributed by atoms with van der Waals surface area (Å²) in [5.41, 5.74) is 1.86. The Bertz CT molecular complexity index is 838. The van der Waals surface area contributed by atoms with Crippen molar-refractivity contribution in [3.05, 3.63) is 48.1 Å². The molecule has 128 valence electrons. The lowest BCUT2D eigenvalue weighted by atomic mass is 10.3. The van der Waals surface area contributed by atoms with Gasteiger partial charge in [0, 0.05) is 25.5 Å². The molecule has 3 aromatic rings. The summed E-state index contributed by atoms with van der Waals surface area (Å²) >= 11 is 0. The number of hydrogen-bond acceptors (Lipinski definition) is 7. The van der Waals surface area contributed by atoms with Gasteiger partial charge in [-0.3, -0.25) is 4.79 Å². The molecule has 1 saturated heterocycles. The highest BCUT2D eigenvalue weighted by molar-refractivity contribution is 5.93. The molecule has 1 aliphatic heterocycles. The summed E-state index contributed by atoms with van der Waals surface area (Å²) in [7, 11) is 0. The average molecular weight is 339 g/mol. The van der Waals surface area contributed by atoms with E-state index < -0.39 is 0 Å². The van der Waals surface area contributed by atoms with Crippen molar-refractivity contribution in [1.82, 2.24) is 20.3 Å². The number of hydrogen-bond donors (Lipinski definition) is 1. The van der Waals surface area contributed by atoms with Gasteiger partial charge in [-0.05, 0) is 12.1 Å². The van der Waals surface area contributed by atoms with Crippen LogP contribution in [0.1, 0.15) is 16.2 Å². The Morgan fingerprint density at radius 2 is 1.92 bits per heavy atom. The molecule has 4 rings (SSSR count). The lowest BCUT2D eigenvalue weighted by molar-refractivity contribution is 0.0946. The van der Waals surface area contributed by atoms with E-state index in [2.05, 4.69) is 20.3 Å². The standard InChI is InChI=1S/C17H17N5O3/c23-16(18-11-15-21-13-3-1-2-4-14(13)25-15)12-9-19-17(20-10-12)22-5-7-24-8-6-22/h1-4,9-10H,5-8,11H2,(H,18,23). The number of fused-ring (bicyclic) bond motifs is 1. The first-order chi connectivity index (χ1) is 12.3. The van der Waals surface area contributed by atoms with Crippen molar-refractivity contribution in [2.24, 2.45) is 0 Å². The number of carbonyl (C=O) groups excluding carboxylic acids is 1. The fraction of sp³-hybridized carbons (Fsp3) is 0.294. The topological polar surface area (TPSA) is 93.4 Å². The van der Waals surface area contributed by atoms with E-state index in [1.54, 1.807) is 0 Å². The number of morpholine rings is 1. The maximum atomic E-state index is 12.2. The van der Waals surface area contributed by atoms with Gasteiger partial charge in [-0.1, -0.05) is 12.1 Å². The number of nitrogens with one attached hydrogen (secondary N) is 1. The molecule has 0 spiro atoms. The predicted octanol–water partition coefficient (Wildman–Crippen LogP) is 1.38. The van der Waals surface area contributed by atoms with Gasteiger partial charge in [0.05, 0.1) is 25.3 Å². The lowest BCUT2D eigenvalue weighted by Gasteiger charge is -2.26. The van der Waals surface area contributed by atoms with Crippen LogP contribution in [0.3, 0.4) is 0 Å². The van der Waals surface area contributed by atoms with Crippen LogP contribution in [0.5, 0.6) is 0 Å². The number of rotatable bonds is 4. The van der Waals surface area contributed by atoms with Crippen molar-refractivity contribution >= 4 is 23.0 Å². The third kappa shape index (κ3) is 3.43. The highest BCUT2D eigenvalue weighted by Gasteiger charge is 2.15. The number of oxazole rings is 1. The summed E-state index contributed by atoms with van der Waals surface area (Å²) in [6.07, 6.45) is 3.05. The van der Waals surface area contributed by atoms with Gasteiger partial charge in [-0.15, -0.1) is 0 Å². The average Bonchev–Trinajstić information content (AvgIpc) is 3.10. The normalized spacial score (nSPS) is 14.6. The van der Waals surface area contributed by atoms with Crippen LogP contribution in [-0.4, -0.2) is 47.2 Å². The van der Waals surface area contributed by atoms with Crippen LogP contribution in [0, 0.1) is 0 Å². The van der Waals surface area contributed by atoms with E-state index in [9.17, 15) is 4.79 Å². The summed E-state index contributed by atoms with van der Waals surface area (Å²) in [5.74, 6) is 0.801. The number of aromatic nitrogens is 3. The number of amides is 1. The minimum Gasteiger partial charge on any atom is -0.439 e. The summed E-state index contributed by atoms with van der Waals surface area (Å²) in [4.78, 5) is 27.1. The Hall–Kier alpha value is -3.00. The first-order valence-corrected chi connectivity index (χ1v) is 8.07. The Morgan fingerprint density at radius 3 is 2.68 bits per heavy atom. The maximum absolute atomic E-state index is 12.2. The number of benzene rings is 1. The number of ether oxygens (including phenoxy) is 1. The summed E-state index contributed by atoms with van der Waals surface area (Å²) in [6, 6.07) is 7.47. The second kappa shape index (κ2) is 6.86. The first-order valence-electron chi connectivity index (χ1n) is 8.07. The van der Waals surface area contributed by atoms with E-state index in [-0.39, 0.29) is 12.5 Å². The molecule has 1 amide bonds. The van der Waals surface area contributed by atoms with Crippen LogP contribution in [0.15, 0.2) is 41.1 Å². The van der Waals surface area contributed by atoms with Crippen LogP contribution >= 0.6 is 0 Å². The van der Waals surface area contributed by atoms with Gasteiger partial charge in [0.1, 0.15) is 5.52 Å². The van der Waals surface area contributed by atoms with Crippen molar-refractivity contribution in [1.29, 1.82) is 0 Å². The van der Waals surface area contributed by atoms with Gasteiger partial charge in [-0.2, -0.15) is 0 Å². The minimum atomic E-state index is -0.268. The molecule has 25 heavy (non-hydrogen) atoms. The van der Waals surface area contributed by atoms with Crippen LogP contribution in [0.4, 0.5) is 5.95 Å². The van der Waals surface area contributed by atoms with E-state index in [4.69, 9.17) is 9.15 Å². The molecule has 2 aromatic heterocycles. The van der Waals surface area contributed by atoms with Crippen LogP contribution in [0.2, 0.25) is 0 Å². The van der Waals surface area contributed by atoms with Crippen molar-refractivity contribution in [2.45, 2.75) is 6.54 Å². The Labute approximate surface area is 143 Å². The zero-order chi connectivity index (χ0) is 17.1. The third-order valence-corrected chi connectivity index (χ3v) is 3.93. The number of nitrogens with zero attached hydrogens (tertiary/aromatic N) is 4. The fourth-order valence-corrected chi connectivity index (χ4v) is 2.62. The molecule has 1 fully saturated rings. The molecule has 1 N–H and O–H groups in total. The van der Waals surface area contributed by atoms with E-state index in [0.717, 1.165) is 18.6 Å². The van der Waals surface area contributed by atoms with Gasteiger partial charge >= 0.3 is 0 Å². The van der Waals surface area contributed by atoms with Crippen LogP contribution in [-0.2, 0) is 11.3 Å². The van der Waals surface area contributed by atoms with E-state index in [1.165, 1.54) is 12.4 Å². The van der Waals surface area contributed by atoms with Gasteiger partial charge in [0.25, 0.3) is 5.91 Å². The lowest BCUT2D eigenvalue weighted by Crippen LogP contribution is -2.37. The summed E-state index contributed by atoms with van der Waals surface area (Å²) in [6.45, 7) is 3.04. The van der Waals surface area contributed by atoms with Crippen LogP contribution in [0.25, 0.3) is 11.1 Å². The zero-order valence-electron chi connectivity index (χ0n) is 13.5. The fourth-order valence-electron chi connectivity index (χ4n) is 2.62. The van der Waals surface area contributed by atoms with Crippen LogP contribution < -0.4 is 10.2 Å². The predicted molar refractivity (Wildman–Crippen MR) is 90.2 cm³/mol. The van der Waals surface area contributed by atoms with Crippen molar-refractivity contribution in [3.63, 3.8) is 0 Å². The van der Waals surface area contributed by atoms with Crippen molar-refractivity contribution in [3.8, 4) is 0 Å². The van der Waals surface area contributed by atoms with E-state index >= 15 is 0 Å². The molecular formula is C17H17N5O3. The molecule has 8 heteroatoms. The second-order valence-corrected chi connectivity index (χ2v) is 5.63. The zero-order valence-corrected chi connectivity index (χ0v) is 13.5. The second-order valence-electron chi connectivity index (χ2n) is 5.63. The maximum Gasteiger partial charge on any atom is 0.254 e. The number of carbonyl (C=O) groups is 1. The van der Waals surface area contributed by atoms with E-state index in [0.29, 0.717) is 36.2 Å². The SMILES string of the molecule is O=C(NCc1nc2ccccc2o1)c1cnc(N2CCOCC2)nc1. The first kappa shape index (κ1) is 15.5. The number of anilines is 1. The number of para-hydroxylation sites is 2. The Morgan fingerprint density at radius 1 is 1.16 bits per heavy atom. The summed E-state index contributed by atoms with van der Waals surface area (Å²) < 4.78 is 10.9. The van der Waals surface area contributed by atoms with E-state index in [1.807, 2.05) is 29.2 Å².